The second-order valence-corrected chi connectivity index (χ2v) is 7.03. The monoisotopic (exact) mass is 384 g/mol. The van der Waals surface area contributed by atoms with Crippen LogP contribution in [0.3, 0.4) is 0 Å². The van der Waals surface area contributed by atoms with E-state index in [1.54, 1.807) is 42.5 Å². The van der Waals surface area contributed by atoms with Crippen molar-refractivity contribution in [2.75, 3.05) is 5.73 Å². The van der Waals surface area contributed by atoms with Crippen LogP contribution in [0.5, 0.6) is 0 Å². The Hall–Kier alpha value is -3.42. The van der Waals surface area contributed by atoms with Crippen molar-refractivity contribution in [3.8, 4) is 5.69 Å². The molecule has 0 spiro atoms. The molecule has 0 fully saturated rings. The first-order valence-corrected chi connectivity index (χ1v) is 8.73. The molecule has 2 atom stereocenters. The largest absolute Gasteiger partial charge is 0.481 e. The molecule has 28 heavy (non-hydrogen) atoms. The summed E-state index contributed by atoms with van der Waals surface area (Å²) in [5, 5.41) is 22.4. The number of rotatable bonds is 4. The number of hydrogen-bond donors (Lipinski definition) is 3. The average Bonchev–Trinajstić information content (AvgIpc) is 3.08. The highest BCUT2D eigenvalue weighted by Crippen LogP contribution is 2.42. The van der Waals surface area contributed by atoms with Gasteiger partial charge in [0.15, 0.2) is 0 Å². The normalized spacial score (nSPS) is 20.9. The maximum Gasteiger partial charge on any atom is 0.331 e. The number of pyridine rings is 1. The molecule has 0 bridgehead atoms. The van der Waals surface area contributed by atoms with Crippen LogP contribution >= 0.6 is 0 Å². The predicted octanol–water partition coefficient (Wildman–Crippen LogP) is 2.78. The lowest BCUT2D eigenvalue weighted by molar-refractivity contribution is -0.148. The first-order chi connectivity index (χ1) is 13.2. The van der Waals surface area contributed by atoms with Gasteiger partial charge in [0.2, 0.25) is 0 Å². The Morgan fingerprint density at radius 1 is 1.29 bits per heavy atom. The minimum atomic E-state index is -1.14. The molecule has 1 aliphatic rings. The van der Waals surface area contributed by atoms with Gasteiger partial charge in [0, 0.05) is 17.7 Å². The number of nitrogens with zero attached hydrogens (tertiary/aromatic N) is 3. The summed E-state index contributed by atoms with van der Waals surface area (Å²) < 4.78 is 1.68. The second-order valence-electron chi connectivity index (χ2n) is 7.03. The Morgan fingerprint density at radius 2 is 2.00 bits per heavy atom. The van der Waals surface area contributed by atoms with Crippen LogP contribution in [0.1, 0.15) is 20.8 Å². The summed E-state index contributed by atoms with van der Waals surface area (Å²) in [6.07, 6.45) is 11.4. The number of aliphatic carboxylic acids is 2. The fourth-order valence-corrected chi connectivity index (χ4v) is 3.31. The van der Waals surface area contributed by atoms with E-state index in [4.69, 9.17) is 10.8 Å². The Kier molecular flexibility index (Phi) is 6.35. The minimum absolute atomic E-state index is 0.0478. The van der Waals surface area contributed by atoms with Gasteiger partial charge in [-0.2, -0.15) is 5.10 Å². The quantitative estimate of drug-likeness (QED) is 0.738. The molecule has 3 rings (SSSR count). The van der Waals surface area contributed by atoms with Crippen molar-refractivity contribution in [2.24, 2.45) is 17.3 Å². The van der Waals surface area contributed by atoms with E-state index in [1.807, 2.05) is 26.0 Å². The van der Waals surface area contributed by atoms with Crippen LogP contribution in [-0.2, 0) is 9.59 Å². The number of anilines is 1. The van der Waals surface area contributed by atoms with Crippen LogP contribution < -0.4 is 5.73 Å². The summed E-state index contributed by atoms with van der Waals surface area (Å²) >= 11 is 0. The molecule has 0 radical (unpaired) electrons. The topological polar surface area (TPSA) is 131 Å². The van der Waals surface area contributed by atoms with Gasteiger partial charge in [-0.1, -0.05) is 32.1 Å². The van der Waals surface area contributed by atoms with Crippen molar-refractivity contribution in [1.82, 2.24) is 14.8 Å². The lowest BCUT2D eigenvalue weighted by Gasteiger charge is -2.36. The standard InChI is InChI=1S/C12H16O4.C8H8N4/c1-7(2)9-8(10(13)14)5-4-6-12(9,3)11(15)16;9-7-4-11-12(6-7)8-2-1-3-10-5-8/h4-7,9H,1-3H3,(H,13,14)(H,15,16);1-6H,9H2. The van der Waals surface area contributed by atoms with Gasteiger partial charge < -0.3 is 15.9 Å². The minimum Gasteiger partial charge on any atom is -0.481 e. The van der Waals surface area contributed by atoms with Gasteiger partial charge in [0.1, 0.15) is 0 Å². The zero-order valence-corrected chi connectivity index (χ0v) is 16.0. The maximum atomic E-state index is 11.3. The molecule has 4 N–H and O–H groups in total. The smallest absolute Gasteiger partial charge is 0.331 e. The molecule has 0 amide bonds. The Bertz CT molecular complexity index is 902. The summed E-state index contributed by atoms with van der Waals surface area (Å²) in [6.45, 7) is 5.23. The van der Waals surface area contributed by atoms with Crippen molar-refractivity contribution in [3.05, 3.63) is 60.7 Å². The third-order valence-corrected chi connectivity index (χ3v) is 4.59. The molecular formula is C20H24N4O4. The van der Waals surface area contributed by atoms with E-state index in [0.29, 0.717) is 5.69 Å². The van der Waals surface area contributed by atoms with Crippen molar-refractivity contribution in [3.63, 3.8) is 0 Å². The Balaban J connectivity index is 0.000000207. The number of nitrogens with two attached hydrogens (primary N) is 1. The lowest BCUT2D eigenvalue weighted by atomic mass is 9.65. The SMILES string of the molecule is CC(C)C1C(C(=O)O)=CC=CC1(C)C(=O)O.Nc1cnn(-c2cccnc2)c1. The number of carboxylic acid groups (broad SMARTS) is 2. The summed E-state index contributed by atoms with van der Waals surface area (Å²) in [4.78, 5) is 26.3. The lowest BCUT2D eigenvalue weighted by Crippen LogP contribution is -2.41. The Labute approximate surface area is 163 Å². The van der Waals surface area contributed by atoms with Crippen LogP contribution in [0.15, 0.2) is 60.7 Å². The molecule has 148 valence electrons. The average molecular weight is 384 g/mol. The summed E-state index contributed by atoms with van der Waals surface area (Å²) in [6, 6.07) is 3.77. The van der Waals surface area contributed by atoms with Crippen molar-refractivity contribution in [1.29, 1.82) is 0 Å². The molecule has 0 saturated carbocycles. The van der Waals surface area contributed by atoms with Crippen LogP contribution in [-0.4, -0.2) is 36.9 Å². The molecule has 8 nitrogen and oxygen atoms in total. The highest BCUT2D eigenvalue weighted by atomic mass is 16.4. The second kappa shape index (κ2) is 8.51. The van der Waals surface area contributed by atoms with Gasteiger partial charge in [0.05, 0.1) is 35.4 Å². The van der Waals surface area contributed by atoms with E-state index in [0.717, 1.165) is 5.69 Å². The number of carboxylic acids is 2. The summed E-state index contributed by atoms with van der Waals surface area (Å²) in [5.41, 5.74) is 6.10. The number of allylic oxidation sites excluding steroid dienone is 2. The molecule has 2 heterocycles. The van der Waals surface area contributed by atoms with Gasteiger partial charge in [-0.25, -0.2) is 9.48 Å². The fraction of sp³-hybridized carbons (Fsp3) is 0.300. The van der Waals surface area contributed by atoms with Gasteiger partial charge in [-0.15, -0.1) is 0 Å². The van der Waals surface area contributed by atoms with Gasteiger partial charge in [-0.3, -0.25) is 9.78 Å². The molecule has 0 aliphatic heterocycles. The van der Waals surface area contributed by atoms with E-state index < -0.39 is 23.3 Å². The molecule has 2 aromatic rings. The van der Waals surface area contributed by atoms with Crippen molar-refractivity contribution in [2.45, 2.75) is 20.8 Å². The molecule has 0 aromatic carbocycles. The van der Waals surface area contributed by atoms with Crippen LogP contribution in [0.25, 0.3) is 5.69 Å². The third kappa shape index (κ3) is 4.46. The summed E-state index contributed by atoms with van der Waals surface area (Å²) in [7, 11) is 0. The fourth-order valence-electron chi connectivity index (χ4n) is 3.31. The van der Waals surface area contributed by atoms with Crippen LogP contribution in [0.4, 0.5) is 5.69 Å². The Morgan fingerprint density at radius 3 is 2.46 bits per heavy atom. The summed E-state index contributed by atoms with van der Waals surface area (Å²) in [5.74, 6) is -2.59. The predicted molar refractivity (Wildman–Crippen MR) is 105 cm³/mol. The third-order valence-electron chi connectivity index (χ3n) is 4.59. The maximum absolute atomic E-state index is 11.3. The highest BCUT2D eigenvalue weighted by Gasteiger charge is 2.45. The molecule has 2 unspecified atom stereocenters. The molecule has 0 saturated heterocycles. The van der Waals surface area contributed by atoms with E-state index >= 15 is 0 Å². The van der Waals surface area contributed by atoms with Gasteiger partial charge in [0.25, 0.3) is 0 Å². The number of nitrogen functional groups attached to an aromatic ring is 1. The number of hydrogen-bond acceptors (Lipinski definition) is 5. The first kappa shape index (κ1) is 20.9. The number of carbonyl (C=O) groups is 2. The van der Waals surface area contributed by atoms with Crippen LogP contribution in [0, 0.1) is 17.3 Å². The molecule has 2 aromatic heterocycles. The molecule has 1 aliphatic carbocycles. The van der Waals surface area contributed by atoms with Gasteiger partial charge >= 0.3 is 11.9 Å². The van der Waals surface area contributed by atoms with E-state index in [1.165, 1.54) is 12.2 Å². The zero-order chi connectivity index (χ0) is 20.9. The number of aromatic nitrogens is 3. The van der Waals surface area contributed by atoms with Crippen molar-refractivity contribution < 1.29 is 19.8 Å². The molecule has 8 heteroatoms. The first-order valence-electron chi connectivity index (χ1n) is 8.73. The van der Waals surface area contributed by atoms with Crippen molar-refractivity contribution >= 4 is 17.6 Å². The molecular weight excluding hydrogens is 360 g/mol. The zero-order valence-electron chi connectivity index (χ0n) is 16.0. The van der Waals surface area contributed by atoms with Gasteiger partial charge in [-0.05, 0) is 25.0 Å². The van der Waals surface area contributed by atoms with E-state index in [-0.39, 0.29) is 11.5 Å². The van der Waals surface area contributed by atoms with E-state index in [2.05, 4.69) is 10.1 Å². The van der Waals surface area contributed by atoms with E-state index in [9.17, 15) is 14.7 Å². The van der Waals surface area contributed by atoms with Crippen LogP contribution in [0.2, 0.25) is 0 Å². The highest BCUT2D eigenvalue weighted by molar-refractivity contribution is 5.91.